The van der Waals surface area contributed by atoms with Crippen molar-refractivity contribution in [2.75, 3.05) is 19.5 Å². The number of ether oxygens (including phenoxy) is 3. The number of hydrogen-bond acceptors (Lipinski definition) is 5. The minimum absolute atomic E-state index is 0.327. The Morgan fingerprint density at radius 3 is 2.28 bits per heavy atom. The Kier molecular flexibility index (Phi) is 6.25. The number of hydrogen-bond donors (Lipinski definition) is 1. The summed E-state index contributed by atoms with van der Waals surface area (Å²) in [6.07, 6.45) is -0.976. The first-order valence-corrected chi connectivity index (χ1v) is 7.82. The summed E-state index contributed by atoms with van der Waals surface area (Å²) in [7, 11) is 3.03. The molecule has 0 aromatic heterocycles. The third-order valence-electron chi connectivity index (χ3n) is 3.40. The third-order valence-corrected chi connectivity index (χ3v) is 3.69. The Morgan fingerprint density at radius 1 is 1.04 bits per heavy atom. The van der Waals surface area contributed by atoms with Crippen molar-refractivity contribution in [1.82, 2.24) is 0 Å². The van der Waals surface area contributed by atoms with Gasteiger partial charge in [0.15, 0.2) is 6.10 Å². The Morgan fingerprint density at radius 2 is 1.72 bits per heavy atom. The fourth-order valence-electron chi connectivity index (χ4n) is 2.00. The number of esters is 1. The lowest BCUT2D eigenvalue weighted by Gasteiger charge is -2.14. The molecular weight excluding hydrogens is 346 g/mol. The van der Waals surface area contributed by atoms with Gasteiger partial charge in [-0.1, -0.05) is 11.6 Å². The SMILES string of the molecule is COc1ccc(C(=O)OC(C)C(=O)Nc2ccc(OC)c(Cl)c2)cc1. The van der Waals surface area contributed by atoms with Gasteiger partial charge in [0.05, 0.1) is 24.8 Å². The van der Waals surface area contributed by atoms with Gasteiger partial charge in [0.25, 0.3) is 5.91 Å². The minimum atomic E-state index is -0.976. The molecule has 2 rings (SSSR count). The molecule has 25 heavy (non-hydrogen) atoms. The van der Waals surface area contributed by atoms with E-state index < -0.39 is 18.0 Å². The van der Waals surface area contributed by atoms with Crippen molar-refractivity contribution >= 4 is 29.2 Å². The van der Waals surface area contributed by atoms with Gasteiger partial charge < -0.3 is 19.5 Å². The standard InChI is InChI=1S/C18H18ClNO5/c1-11(25-18(22)12-4-7-14(23-2)8-5-12)17(21)20-13-6-9-16(24-3)15(19)10-13/h4-11H,1-3H3,(H,20,21). The van der Waals surface area contributed by atoms with E-state index in [-0.39, 0.29) is 0 Å². The molecule has 0 bridgehead atoms. The van der Waals surface area contributed by atoms with Crippen molar-refractivity contribution in [2.45, 2.75) is 13.0 Å². The fraction of sp³-hybridized carbons (Fsp3) is 0.222. The minimum Gasteiger partial charge on any atom is -0.497 e. The summed E-state index contributed by atoms with van der Waals surface area (Å²) < 4.78 is 15.2. The molecule has 2 aromatic rings. The molecule has 7 heteroatoms. The van der Waals surface area contributed by atoms with Crippen LogP contribution >= 0.6 is 11.6 Å². The molecule has 132 valence electrons. The van der Waals surface area contributed by atoms with Crippen LogP contribution in [0.1, 0.15) is 17.3 Å². The maximum absolute atomic E-state index is 12.2. The van der Waals surface area contributed by atoms with Gasteiger partial charge in [-0.05, 0) is 49.4 Å². The summed E-state index contributed by atoms with van der Waals surface area (Å²) in [5.41, 5.74) is 0.802. The van der Waals surface area contributed by atoms with Crippen LogP contribution in [0.25, 0.3) is 0 Å². The first kappa shape index (κ1) is 18.6. The first-order valence-electron chi connectivity index (χ1n) is 7.44. The van der Waals surface area contributed by atoms with Gasteiger partial charge in [0.1, 0.15) is 11.5 Å². The highest BCUT2D eigenvalue weighted by atomic mass is 35.5. The molecule has 1 amide bonds. The van der Waals surface area contributed by atoms with E-state index in [1.54, 1.807) is 42.5 Å². The second kappa shape index (κ2) is 8.39. The van der Waals surface area contributed by atoms with Crippen LogP contribution in [0, 0.1) is 0 Å². The van der Waals surface area contributed by atoms with Crippen LogP contribution in [0.5, 0.6) is 11.5 Å². The van der Waals surface area contributed by atoms with Crippen molar-refractivity contribution in [2.24, 2.45) is 0 Å². The van der Waals surface area contributed by atoms with Gasteiger partial charge in [-0.3, -0.25) is 4.79 Å². The molecule has 1 atom stereocenters. The van der Waals surface area contributed by atoms with E-state index in [2.05, 4.69) is 5.32 Å². The van der Waals surface area contributed by atoms with Crippen LogP contribution in [0.3, 0.4) is 0 Å². The van der Waals surface area contributed by atoms with E-state index in [9.17, 15) is 9.59 Å². The molecule has 0 spiro atoms. The molecule has 0 heterocycles. The van der Waals surface area contributed by atoms with Crippen LogP contribution in [0.2, 0.25) is 5.02 Å². The Balaban J connectivity index is 1.97. The van der Waals surface area contributed by atoms with E-state index in [0.29, 0.717) is 27.8 Å². The van der Waals surface area contributed by atoms with Crippen molar-refractivity contribution < 1.29 is 23.8 Å². The van der Waals surface area contributed by atoms with E-state index in [0.717, 1.165) is 0 Å². The van der Waals surface area contributed by atoms with Crippen LogP contribution < -0.4 is 14.8 Å². The highest BCUT2D eigenvalue weighted by molar-refractivity contribution is 6.32. The smallest absolute Gasteiger partial charge is 0.338 e. The van der Waals surface area contributed by atoms with Gasteiger partial charge in [0, 0.05) is 5.69 Å². The summed E-state index contributed by atoms with van der Waals surface area (Å²) in [6.45, 7) is 1.49. The average molecular weight is 364 g/mol. The molecule has 1 N–H and O–H groups in total. The molecule has 0 aliphatic rings. The van der Waals surface area contributed by atoms with Crippen LogP contribution in [-0.2, 0) is 9.53 Å². The van der Waals surface area contributed by atoms with Crippen LogP contribution in [0.15, 0.2) is 42.5 Å². The summed E-state index contributed by atoms with van der Waals surface area (Å²) in [6, 6.07) is 11.2. The number of nitrogens with one attached hydrogen (secondary N) is 1. The first-order chi connectivity index (χ1) is 11.9. The normalized spacial score (nSPS) is 11.4. The Hall–Kier alpha value is -2.73. The molecule has 1 unspecified atom stereocenters. The Labute approximate surface area is 150 Å². The number of carbonyl (C=O) groups excluding carboxylic acids is 2. The predicted molar refractivity (Wildman–Crippen MR) is 94.5 cm³/mol. The zero-order valence-electron chi connectivity index (χ0n) is 14.0. The quantitative estimate of drug-likeness (QED) is 0.794. The largest absolute Gasteiger partial charge is 0.497 e. The maximum Gasteiger partial charge on any atom is 0.338 e. The highest BCUT2D eigenvalue weighted by Gasteiger charge is 2.19. The molecule has 0 radical (unpaired) electrons. The maximum atomic E-state index is 12.2. The van der Waals surface area contributed by atoms with Crippen molar-refractivity contribution in [3.05, 3.63) is 53.1 Å². The summed E-state index contributed by atoms with van der Waals surface area (Å²) in [5.74, 6) is 0.0542. The van der Waals surface area contributed by atoms with Gasteiger partial charge in [0.2, 0.25) is 0 Å². The lowest BCUT2D eigenvalue weighted by atomic mass is 10.2. The van der Waals surface area contributed by atoms with Gasteiger partial charge in [-0.2, -0.15) is 0 Å². The highest BCUT2D eigenvalue weighted by Crippen LogP contribution is 2.27. The number of carbonyl (C=O) groups is 2. The fourth-order valence-corrected chi connectivity index (χ4v) is 2.25. The summed E-state index contributed by atoms with van der Waals surface area (Å²) in [4.78, 5) is 24.2. The monoisotopic (exact) mass is 363 g/mol. The van der Waals surface area contributed by atoms with Crippen LogP contribution in [0.4, 0.5) is 5.69 Å². The van der Waals surface area contributed by atoms with Crippen molar-refractivity contribution in [3.63, 3.8) is 0 Å². The number of methoxy groups -OCH3 is 2. The van der Waals surface area contributed by atoms with Gasteiger partial charge in [-0.15, -0.1) is 0 Å². The molecule has 6 nitrogen and oxygen atoms in total. The van der Waals surface area contributed by atoms with Crippen molar-refractivity contribution in [1.29, 1.82) is 0 Å². The number of rotatable bonds is 6. The molecule has 0 saturated heterocycles. The average Bonchev–Trinajstić information content (AvgIpc) is 2.61. The molecular formula is C18H18ClNO5. The zero-order chi connectivity index (χ0) is 18.4. The lowest BCUT2D eigenvalue weighted by molar-refractivity contribution is -0.123. The lowest BCUT2D eigenvalue weighted by Crippen LogP contribution is -2.30. The van der Waals surface area contributed by atoms with Gasteiger partial charge >= 0.3 is 5.97 Å². The predicted octanol–water partition coefficient (Wildman–Crippen LogP) is 3.54. The number of anilines is 1. The number of halogens is 1. The van der Waals surface area contributed by atoms with Gasteiger partial charge in [-0.25, -0.2) is 4.79 Å². The second-order valence-electron chi connectivity index (χ2n) is 5.11. The van der Waals surface area contributed by atoms with Crippen molar-refractivity contribution in [3.8, 4) is 11.5 Å². The molecule has 0 fully saturated rings. The zero-order valence-corrected chi connectivity index (χ0v) is 14.8. The summed E-state index contributed by atoms with van der Waals surface area (Å²) >= 11 is 6.01. The molecule has 0 saturated carbocycles. The van der Waals surface area contributed by atoms with E-state index in [1.165, 1.54) is 21.1 Å². The number of amides is 1. The molecule has 2 aromatic carbocycles. The molecule has 0 aliphatic carbocycles. The Bertz CT molecular complexity index is 761. The van der Waals surface area contributed by atoms with E-state index >= 15 is 0 Å². The third kappa shape index (κ3) is 4.87. The van der Waals surface area contributed by atoms with Crippen LogP contribution in [-0.4, -0.2) is 32.2 Å². The second-order valence-corrected chi connectivity index (χ2v) is 5.52. The summed E-state index contributed by atoms with van der Waals surface area (Å²) in [5, 5.41) is 3.00. The number of benzene rings is 2. The van der Waals surface area contributed by atoms with E-state index in [4.69, 9.17) is 25.8 Å². The molecule has 0 aliphatic heterocycles. The topological polar surface area (TPSA) is 73.9 Å². The van der Waals surface area contributed by atoms with E-state index in [1.807, 2.05) is 0 Å².